The average Bonchev–Trinajstić information content (AvgIpc) is 3.95. The fourth-order valence-electron chi connectivity index (χ4n) is 10.5. The minimum absolute atomic E-state index is 0.0336. The number of benzene rings is 2. The molecule has 4 atom stereocenters. The number of aliphatic hydroxyl groups is 2. The van der Waals surface area contributed by atoms with Crippen molar-refractivity contribution in [3.63, 3.8) is 0 Å². The molecule has 1 aliphatic carbocycles. The van der Waals surface area contributed by atoms with Gasteiger partial charge in [0.15, 0.2) is 0 Å². The highest BCUT2D eigenvalue weighted by molar-refractivity contribution is 7.13. The fraction of sp³-hybridized carbons (Fsp3) is 0.519. The molecule has 2 aliphatic heterocycles. The molecule has 5 N–H and O–H groups in total. The number of thiazole rings is 1. The fourth-order valence-corrected chi connectivity index (χ4v) is 11.5. The molecule has 0 bridgehead atoms. The van der Waals surface area contributed by atoms with E-state index in [0.29, 0.717) is 40.4 Å². The number of hydrogen-bond donors (Lipinski definition) is 5. The van der Waals surface area contributed by atoms with E-state index in [0.717, 1.165) is 48.1 Å². The number of carbonyl (C=O) groups is 4. The number of nitriles is 1. The first kappa shape index (κ1) is 52.2. The third kappa shape index (κ3) is 11.4. The van der Waals surface area contributed by atoms with Crippen LogP contribution in [0.1, 0.15) is 101 Å². The molecule has 374 valence electrons. The Morgan fingerprint density at radius 3 is 2.27 bits per heavy atom. The quantitative estimate of drug-likeness (QED) is 0.0889. The maximum Gasteiger partial charge on any atom is 0.253 e. The van der Waals surface area contributed by atoms with E-state index >= 15 is 0 Å². The van der Waals surface area contributed by atoms with Gasteiger partial charge in [-0.05, 0) is 60.7 Å². The zero-order valence-corrected chi connectivity index (χ0v) is 42.9. The lowest BCUT2D eigenvalue weighted by Crippen LogP contribution is -2.74. The Morgan fingerprint density at radius 1 is 0.986 bits per heavy atom. The van der Waals surface area contributed by atoms with Crippen LogP contribution in [-0.4, -0.2) is 130 Å². The number of aryl methyl sites for hydroxylation is 1. The minimum Gasteiger partial charge on any atom is -0.489 e. The van der Waals surface area contributed by atoms with Crippen molar-refractivity contribution in [2.75, 3.05) is 50.8 Å². The van der Waals surface area contributed by atoms with Crippen molar-refractivity contribution in [3.05, 3.63) is 93.7 Å². The van der Waals surface area contributed by atoms with E-state index in [2.05, 4.69) is 69.5 Å². The summed E-state index contributed by atoms with van der Waals surface area (Å²) in [6.45, 7) is 19.0. The maximum atomic E-state index is 14.2. The van der Waals surface area contributed by atoms with Crippen molar-refractivity contribution in [1.82, 2.24) is 35.7 Å². The van der Waals surface area contributed by atoms with Gasteiger partial charge in [-0.2, -0.15) is 5.26 Å². The summed E-state index contributed by atoms with van der Waals surface area (Å²) in [5.41, 5.74) is 3.71. The second kappa shape index (κ2) is 21.4. The molecule has 2 aromatic heterocycles. The zero-order valence-electron chi connectivity index (χ0n) is 41.3. The van der Waals surface area contributed by atoms with E-state index in [1.165, 1.54) is 16.2 Å². The Hall–Kier alpha value is -5.64. The van der Waals surface area contributed by atoms with Crippen LogP contribution in [-0.2, 0) is 14.4 Å². The van der Waals surface area contributed by atoms with Gasteiger partial charge in [0.25, 0.3) is 5.91 Å². The summed E-state index contributed by atoms with van der Waals surface area (Å²) in [7, 11) is 0. The molecule has 2 aromatic carbocycles. The first-order valence-corrected chi connectivity index (χ1v) is 25.2. The van der Waals surface area contributed by atoms with Crippen LogP contribution in [0.15, 0.2) is 66.3 Å². The highest BCUT2D eigenvalue weighted by Gasteiger charge is 2.64. The summed E-state index contributed by atoms with van der Waals surface area (Å²) in [6, 6.07) is 15.4. The first-order valence-electron chi connectivity index (χ1n) is 23.9. The summed E-state index contributed by atoms with van der Waals surface area (Å²) in [4.78, 5) is 70.8. The van der Waals surface area contributed by atoms with Crippen molar-refractivity contribution in [1.29, 1.82) is 5.26 Å². The monoisotopic (exact) mass is 995 g/mol. The Kier molecular flexibility index (Phi) is 15.9. The van der Waals surface area contributed by atoms with Crippen molar-refractivity contribution >= 4 is 52.4 Å². The van der Waals surface area contributed by atoms with E-state index in [4.69, 9.17) is 16.3 Å². The van der Waals surface area contributed by atoms with E-state index in [1.54, 1.807) is 36.0 Å². The zero-order chi connectivity index (χ0) is 50.7. The molecule has 4 amide bonds. The number of nitrogens with zero attached hydrogens (tertiary/aromatic N) is 6. The highest BCUT2D eigenvalue weighted by Crippen LogP contribution is 2.55. The number of anilines is 1. The van der Waals surface area contributed by atoms with Crippen molar-refractivity contribution < 1.29 is 34.1 Å². The van der Waals surface area contributed by atoms with Crippen LogP contribution in [0.5, 0.6) is 5.75 Å². The van der Waals surface area contributed by atoms with Gasteiger partial charge in [-0.1, -0.05) is 84.3 Å². The van der Waals surface area contributed by atoms with Crippen LogP contribution in [0.25, 0.3) is 10.4 Å². The number of ether oxygens (including phenoxy) is 1. The van der Waals surface area contributed by atoms with Crippen molar-refractivity contribution in [2.45, 2.75) is 111 Å². The summed E-state index contributed by atoms with van der Waals surface area (Å²) >= 11 is 7.79. The summed E-state index contributed by atoms with van der Waals surface area (Å²) in [5, 5.41) is 39.6. The topological polar surface area (TPSA) is 213 Å². The predicted octanol–water partition coefficient (Wildman–Crippen LogP) is 5.90. The molecule has 1 saturated carbocycles. The summed E-state index contributed by atoms with van der Waals surface area (Å²) < 4.78 is 6.37. The SMILES string of the molecule is Cc1ncsc1-c1ccc(C(CO)NC(=O)[C@@H]2C[C@@H](O)CN2C(=O)[C@@H](NC(=O)CCCN2CCN(c3ccc(C(=O)N[C@H]4C(C)(C)[C@H](Oc5ccc(C#N)c(Cl)c5)C4(C)C)cn3)CC2)C(C)(C)C)cc1. The lowest BCUT2D eigenvalue weighted by Gasteiger charge is -2.63. The number of carbonyl (C=O) groups excluding carboxylic acids is 4. The van der Waals surface area contributed by atoms with Crippen molar-refractivity contribution in [3.8, 4) is 22.3 Å². The van der Waals surface area contributed by atoms with Crippen LogP contribution < -0.4 is 25.6 Å². The number of halogens is 1. The molecule has 3 aliphatic rings. The van der Waals surface area contributed by atoms with Crippen LogP contribution in [0, 0.1) is 34.5 Å². The molecule has 1 unspecified atom stereocenters. The Balaban J connectivity index is 0.856. The highest BCUT2D eigenvalue weighted by atomic mass is 35.5. The van der Waals surface area contributed by atoms with Gasteiger partial charge >= 0.3 is 0 Å². The number of pyridine rings is 1. The number of piperazine rings is 1. The lowest BCUT2D eigenvalue weighted by atomic mass is 9.49. The van der Waals surface area contributed by atoms with Crippen LogP contribution in [0.2, 0.25) is 5.02 Å². The second-order valence-corrected chi connectivity index (χ2v) is 22.3. The normalized spacial score (nSPS) is 21.7. The van der Waals surface area contributed by atoms with Gasteiger partial charge in [-0.3, -0.25) is 24.1 Å². The molecular formula is C52H66ClN9O7S. The molecule has 0 spiro atoms. The number of likely N-dealkylation sites (tertiary alicyclic amines) is 1. The number of amides is 4. The molecule has 4 aromatic rings. The third-order valence-corrected chi connectivity index (χ3v) is 15.4. The Bertz CT molecular complexity index is 2550. The lowest BCUT2D eigenvalue weighted by molar-refractivity contribution is -0.164. The molecule has 0 radical (unpaired) electrons. The second-order valence-electron chi connectivity index (χ2n) is 21.0. The van der Waals surface area contributed by atoms with Gasteiger partial charge in [0.2, 0.25) is 17.7 Å². The smallest absolute Gasteiger partial charge is 0.253 e. The summed E-state index contributed by atoms with van der Waals surface area (Å²) in [6.07, 6.45) is 1.27. The van der Waals surface area contributed by atoms with E-state index in [-0.39, 0.29) is 50.0 Å². The number of β-amino-alcohol motifs (C(OH)–C–C–N with tert-alkyl or cyclic N) is 1. The van der Waals surface area contributed by atoms with Gasteiger partial charge in [0.1, 0.15) is 35.8 Å². The molecule has 2 saturated heterocycles. The van der Waals surface area contributed by atoms with Gasteiger partial charge in [-0.15, -0.1) is 11.3 Å². The molecule has 16 nitrogen and oxygen atoms in total. The number of nitrogens with one attached hydrogen (secondary N) is 3. The average molecular weight is 997 g/mol. The summed E-state index contributed by atoms with van der Waals surface area (Å²) in [5.74, 6) is -0.0801. The number of aliphatic hydroxyl groups excluding tert-OH is 2. The number of rotatable bonds is 16. The van der Waals surface area contributed by atoms with Crippen LogP contribution in [0.4, 0.5) is 5.82 Å². The Morgan fingerprint density at radius 2 is 1.69 bits per heavy atom. The molecule has 70 heavy (non-hydrogen) atoms. The standard InChI is InChI=1S/C52H66ClN9O7S/c1-31-43(70-30-56-31)33-13-11-32(12-14-33)39(29-63)57-46(67)40-24-36(64)28-62(40)47(68)44(50(2,3)4)58-42(65)10-9-19-60-20-22-61(23-21-60)41-18-16-35(27-55-41)45(66)59-48-51(5,6)49(52(48,7)8)69-37-17-15-34(26-54)38(53)25-37/h11-18,25,27,30,36,39-40,44,48-49,63-64H,9-10,19-24,28-29H2,1-8H3,(H,57,67)(H,58,65)(H,59,66)/t36-,39?,40+,44-,48-,49-/m1/s1. The van der Waals surface area contributed by atoms with Crippen LogP contribution >= 0.6 is 22.9 Å². The minimum atomic E-state index is -0.986. The molecule has 4 heterocycles. The number of aromatic nitrogens is 2. The molecule has 18 heteroatoms. The largest absolute Gasteiger partial charge is 0.489 e. The third-order valence-electron chi connectivity index (χ3n) is 14.1. The Labute approximate surface area is 419 Å². The molecular weight excluding hydrogens is 930 g/mol. The first-order chi connectivity index (χ1) is 33.1. The molecule has 3 fully saturated rings. The van der Waals surface area contributed by atoms with E-state index < -0.39 is 52.3 Å². The van der Waals surface area contributed by atoms with Gasteiger partial charge in [0.05, 0.1) is 51.0 Å². The van der Waals surface area contributed by atoms with Gasteiger partial charge < -0.3 is 40.7 Å². The maximum absolute atomic E-state index is 14.2. The van der Waals surface area contributed by atoms with Gasteiger partial charge in [-0.25, -0.2) is 9.97 Å². The number of hydrogen-bond acceptors (Lipinski definition) is 13. The van der Waals surface area contributed by atoms with Crippen LogP contribution in [0.3, 0.4) is 0 Å². The predicted molar refractivity (Wildman–Crippen MR) is 269 cm³/mol. The molecule has 7 rings (SSSR count). The van der Waals surface area contributed by atoms with E-state index in [9.17, 15) is 34.7 Å². The van der Waals surface area contributed by atoms with E-state index in [1.807, 2.05) is 58.0 Å². The van der Waals surface area contributed by atoms with Crippen molar-refractivity contribution in [2.24, 2.45) is 16.2 Å². The van der Waals surface area contributed by atoms with Gasteiger partial charge in [0, 0.05) is 74.7 Å².